The quantitative estimate of drug-likeness (QED) is 0.0716. The van der Waals surface area contributed by atoms with Crippen molar-refractivity contribution in [1.82, 2.24) is 9.80 Å². The van der Waals surface area contributed by atoms with Gasteiger partial charge < -0.3 is 29.2 Å². The smallest absolute Gasteiger partial charge is 0.306 e. The Bertz CT molecular complexity index is 915. The van der Waals surface area contributed by atoms with Gasteiger partial charge >= 0.3 is 11.9 Å². The lowest BCUT2D eigenvalue weighted by Gasteiger charge is -2.55. The molecule has 2 saturated heterocycles. The number of carbonyl (C=O) groups is 2. The van der Waals surface area contributed by atoms with Crippen LogP contribution in [0, 0.1) is 0 Å². The Morgan fingerprint density at radius 2 is 0.865 bits per heavy atom. The topological polar surface area (TPSA) is 118 Å². The second kappa shape index (κ2) is 22.3. The van der Waals surface area contributed by atoms with Crippen molar-refractivity contribution in [3.63, 3.8) is 0 Å². The standard InChI is InChI=1S/C42H80N2O8/c1-11-13-23-49-31-33(45)29-43-39(3,4)25-35(26-40(43,5)6)51-37(47)21-19-17-15-16-18-20-22-38(48)52-36-27-41(7,8)44(42(9,10)28-36)30-34(46)32-50-24-14-12-2/h33-36,45-46H,11-32H2,1-10H3. The third kappa shape index (κ3) is 16.6. The van der Waals surface area contributed by atoms with E-state index in [1.165, 1.54) is 0 Å². The van der Waals surface area contributed by atoms with Gasteiger partial charge in [0, 0.05) is 87.0 Å². The van der Waals surface area contributed by atoms with Crippen molar-refractivity contribution < 1.29 is 38.7 Å². The van der Waals surface area contributed by atoms with Gasteiger partial charge in [0.2, 0.25) is 0 Å². The molecule has 0 radical (unpaired) electrons. The lowest BCUT2D eigenvalue weighted by molar-refractivity contribution is -0.164. The zero-order valence-corrected chi connectivity index (χ0v) is 35.1. The van der Waals surface area contributed by atoms with E-state index in [1.807, 2.05) is 0 Å². The number of aliphatic hydroxyl groups is 2. The van der Waals surface area contributed by atoms with Gasteiger partial charge in [-0.1, -0.05) is 52.4 Å². The maximum absolute atomic E-state index is 12.8. The highest BCUT2D eigenvalue weighted by Gasteiger charge is 2.48. The highest BCUT2D eigenvalue weighted by atomic mass is 16.5. The van der Waals surface area contributed by atoms with Gasteiger partial charge in [0.05, 0.1) is 25.4 Å². The van der Waals surface area contributed by atoms with Crippen molar-refractivity contribution in [2.45, 2.75) is 219 Å². The SMILES string of the molecule is CCCCOCC(O)CN1C(C)(C)CC(OC(=O)CCCCCCCCC(=O)OC2CC(C)(C)N(CC(O)COCCCC)C(C)(C)C2)CC1(C)C. The molecule has 0 aromatic carbocycles. The van der Waals surface area contributed by atoms with Gasteiger partial charge in [-0.15, -0.1) is 0 Å². The summed E-state index contributed by atoms with van der Waals surface area (Å²) < 4.78 is 23.3. The average Bonchev–Trinajstić information content (AvgIpc) is 3.01. The van der Waals surface area contributed by atoms with E-state index in [2.05, 4.69) is 79.0 Å². The number of ether oxygens (including phenoxy) is 4. The Morgan fingerprint density at radius 1 is 0.558 bits per heavy atom. The average molecular weight is 741 g/mol. The molecule has 2 N–H and O–H groups in total. The van der Waals surface area contributed by atoms with E-state index in [0.29, 0.717) is 52.4 Å². The van der Waals surface area contributed by atoms with Crippen molar-refractivity contribution in [2.24, 2.45) is 0 Å². The number of aliphatic hydroxyl groups excluding tert-OH is 2. The summed E-state index contributed by atoms with van der Waals surface area (Å²) in [6.45, 7) is 24.7. The number of hydrogen-bond acceptors (Lipinski definition) is 10. The van der Waals surface area contributed by atoms with Gasteiger partial charge in [-0.2, -0.15) is 0 Å². The molecule has 2 rings (SSSR count). The van der Waals surface area contributed by atoms with E-state index in [9.17, 15) is 19.8 Å². The normalized spacial score (nSPS) is 21.8. The molecule has 306 valence electrons. The summed E-state index contributed by atoms with van der Waals surface area (Å²) >= 11 is 0. The number of carbonyl (C=O) groups excluding carboxylic acids is 2. The minimum absolute atomic E-state index is 0.123. The molecule has 2 atom stereocenters. The van der Waals surface area contributed by atoms with Crippen LogP contribution in [0.4, 0.5) is 0 Å². The van der Waals surface area contributed by atoms with E-state index < -0.39 is 12.2 Å². The van der Waals surface area contributed by atoms with Crippen molar-refractivity contribution in [1.29, 1.82) is 0 Å². The highest BCUT2D eigenvalue weighted by Crippen LogP contribution is 2.41. The second-order valence-corrected chi connectivity index (χ2v) is 18.3. The van der Waals surface area contributed by atoms with Crippen LogP contribution in [-0.4, -0.2) is 118 Å². The zero-order valence-electron chi connectivity index (χ0n) is 35.1. The number of esters is 2. The maximum atomic E-state index is 12.8. The van der Waals surface area contributed by atoms with Crippen molar-refractivity contribution in [3.8, 4) is 0 Å². The molecule has 52 heavy (non-hydrogen) atoms. The lowest BCUT2D eigenvalue weighted by Crippen LogP contribution is -2.64. The fraction of sp³-hybridized carbons (Fsp3) is 0.952. The summed E-state index contributed by atoms with van der Waals surface area (Å²) in [5, 5.41) is 21.3. The molecule has 10 nitrogen and oxygen atoms in total. The summed E-state index contributed by atoms with van der Waals surface area (Å²) in [6, 6.07) is 0. The number of nitrogens with zero attached hydrogens (tertiary/aromatic N) is 2. The fourth-order valence-electron chi connectivity index (χ4n) is 8.80. The maximum Gasteiger partial charge on any atom is 0.306 e. The van der Waals surface area contributed by atoms with Gasteiger partial charge in [-0.05, 0) is 81.1 Å². The van der Waals surface area contributed by atoms with E-state index in [1.54, 1.807) is 0 Å². The predicted octanol–water partition coefficient (Wildman–Crippen LogP) is 7.59. The predicted molar refractivity (Wildman–Crippen MR) is 208 cm³/mol. The van der Waals surface area contributed by atoms with Crippen LogP contribution in [0.15, 0.2) is 0 Å². The monoisotopic (exact) mass is 741 g/mol. The molecule has 2 heterocycles. The highest BCUT2D eigenvalue weighted by molar-refractivity contribution is 5.70. The van der Waals surface area contributed by atoms with Gasteiger partial charge in [-0.25, -0.2) is 0 Å². The Balaban J connectivity index is 1.62. The molecule has 0 bridgehead atoms. The number of hydrogen-bond donors (Lipinski definition) is 2. The molecule has 0 amide bonds. The molecule has 0 aromatic heterocycles. The number of unbranched alkanes of at least 4 members (excludes halogenated alkanes) is 7. The summed E-state index contributed by atoms with van der Waals surface area (Å²) in [5.41, 5.74) is -0.881. The first kappa shape index (κ1) is 46.9. The summed E-state index contributed by atoms with van der Waals surface area (Å²) in [5.74, 6) is -0.246. The number of β-amino-alcohol motifs (C(OH)–C–C–N with tert-alkyl or cyclic N) is 2. The van der Waals surface area contributed by atoms with Crippen LogP contribution >= 0.6 is 0 Å². The minimum Gasteiger partial charge on any atom is -0.462 e. The minimum atomic E-state index is -0.551. The van der Waals surface area contributed by atoms with Crippen LogP contribution < -0.4 is 0 Å². The molecule has 0 aliphatic carbocycles. The first-order chi connectivity index (χ1) is 24.3. The molecule has 2 fully saturated rings. The molecular formula is C42H80N2O8. The van der Waals surface area contributed by atoms with E-state index >= 15 is 0 Å². The van der Waals surface area contributed by atoms with Crippen LogP contribution in [-0.2, 0) is 28.5 Å². The first-order valence-electron chi connectivity index (χ1n) is 20.8. The molecular weight excluding hydrogens is 660 g/mol. The Hall–Kier alpha value is -1.30. The molecule has 2 unspecified atom stereocenters. The van der Waals surface area contributed by atoms with Gasteiger partial charge in [0.25, 0.3) is 0 Å². The van der Waals surface area contributed by atoms with Gasteiger partial charge in [0.1, 0.15) is 12.2 Å². The third-order valence-corrected chi connectivity index (χ3v) is 11.1. The van der Waals surface area contributed by atoms with Crippen molar-refractivity contribution in [2.75, 3.05) is 39.5 Å². The molecule has 0 spiro atoms. The Labute approximate surface area is 318 Å². The third-order valence-electron chi connectivity index (χ3n) is 11.1. The lowest BCUT2D eigenvalue weighted by atomic mass is 9.77. The van der Waals surface area contributed by atoms with Gasteiger partial charge in [-0.3, -0.25) is 19.4 Å². The number of piperidine rings is 2. The number of likely N-dealkylation sites (tertiary alicyclic amines) is 2. The van der Waals surface area contributed by atoms with E-state index in [0.717, 1.165) is 89.9 Å². The van der Waals surface area contributed by atoms with Crippen molar-refractivity contribution in [3.05, 3.63) is 0 Å². The number of rotatable bonds is 25. The van der Waals surface area contributed by atoms with E-state index in [-0.39, 0.29) is 46.3 Å². The molecule has 0 aromatic rings. The van der Waals surface area contributed by atoms with Crippen LogP contribution in [0.2, 0.25) is 0 Å². The first-order valence-corrected chi connectivity index (χ1v) is 20.8. The molecule has 2 aliphatic heterocycles. The van der Waals surface area contributed by atoms with Gasteiger partial charge in [0.15, 0.2) is 0 Å². The summed E-state index contributed by atoms with van der Waals surface area (Å²) in [7, 11) is 0. The van der Waals surface area contributed by atoms with Crippen LogP contribution in [0.3, 0.4) is 0 Å². The van der Waals surface area contributed by atoms with Crippen molar-refractivity contribution >= 4 is 11.9 Å². The Kier molecular flexibility index (Phi) is 20.1. The van der Waals surface area contributed by atoms with Crippen LogP contribution in [0.5, 0.6) is 0 Å². The summed E-state index contributed by atoms with van der Waals surface area (Å²) in [6.07, 6.45) is 12.2. The van der Waals surface area contributed by atoms with Crippen LogP contribution in [0.1, 0.15) is 172 Å². The Morgan fingerprint density at radius 3 is 1.17 bits per heavy atom. The van der Waals surface area contributed by atoms with E-state index in [4.69, 9.17) is 18.9 Å². The van der Waals surface area contributed by atoms with Crippen LogP contribution in [0.25, 0.3) is 0 Å². The zero-order chi connectivity index (χ0) is 39.0. The largest absolute Gasteiger partial charge is 0.462 e. The summed E-state index contributed by atoms with van der Waals surface area (Å²) in [4.78, 5) is 30.3. The second-order valence-electron chi connectivity index (χ2n) is 18.3. The molecule has 10 heteroatoms. The molecule has 2 aliphatic rings. The fourth-order valence-corrected chi connectivity index (χ4v) is 8.80. The molecule has 0 saturated carbocycles.